The summed E-state index contributed by atoms with van der Waals surface area (Å²) >= 11 is 6.06. The van der Waals surface area contributed by atoms with Crippen LogP contribution in [0.5, 0.6) is 0 Å². The molecule has 0 aliphatic heterocycles. The third-order valence-electron chi connectivity index (χ3n) is 5.22. The Morgan fingerprint density at radius 1 is 1.21 bits per heavy atom. The van der Waals surface area contributed by atoms with Gasteiger partial charge >= 0.3 is 0 Å². The largest absolute Gasteiger partial charge is 0.363 e. The highest BCUT2D eigenvalue weighted by Gasteiger charge is 2.51. The molecule has 0 spiro atoms. The number of halogens is 1. The van der Waals surface area contributed by atoms with Crippen LogP contribution in [0, 0.1) is 17.8 Å². The van der Waals surface area contributed by atoms with Crippen LogP contribution in [0.3, 0.4) is 0 Å². The average Bonchev–Trinajstić information content (AvgIpc) is 2.33. The quantitative estimate of drug-likeness (QED) is 0.875. The summed E-state index contributed by atoms with van der Waals surface area (Å²) in [7, 11) is 0. The minimum atomic E-state index is -0.260. The van der Waals surface area contributed by atoms with Crippen molar-refractivity contribution in [2.45, 2.75) is 44.1 Å². The van der Waals surface area contributed by atoms with Crippen LogP contribution in [0.1, 0.15) is 38.5 Å². The van der Waals surface area contributed by atoms with Gasteiger partial charge in [0.1, 0.15) is 5.02 Å². The summed E-state index contributed by atoms with van der Waals surface area (Å²) in [6, 6.07) is 0. The van der Waals surface area contributed by atoms with Crippen LogP contribution in [-0.4, -0.2) is 15.5 Å². The van der Waals surface area contributed by atoms with Gasteiger partial charge in [-0.1, -0.05) is 11.6 Å². The molecule has 0 amide bonds. The first-order valence-electron chi connectivity index (χ1n) is 7.15. The standard InChI is InChI=1S/C14H18ClN3O/c15-11-12(16-7-17-13(11)19)18-14-4-8-1-9(5-14)3-10(2-8)6-14/h7-10H,1-6H2,(H2,16,17,18,19). The van der Waals surface area contributed by atoms with Gasteiger partial charge in [0, 0.05) is 5.54 Å². The molecule has 1 heterocycles. The molecule has 0 radical (unpaired) electrons. The second-order valence-electron chi connectivity index (χ2n) is 6.72. The van der Waals surface area contributed by atoms with Crippen LogP contribution in [0.4, 0.5) is 5.82 Å². The van der Waals surface area contributed by atoms with Gasteiger partial charge in [-0.3, -0.25) is 4.79 Å². The first-order valence-corrected chi connectivity index (χ1v) is 7.53. The molecule has 4 aliphatic rings. The second kappa shape index (κ2) is 3.98. The van der Waals surface area contributed by atoms with Gasteiger partial charge in [-0.15, -0.1) is 0 Å². The third-order valence-corrected chi connectivity index (χ3v) is 5.57. The lowest BCUT2D eigenvalue weighted by Crippen LogP contribution is -2.55. The van der Waals surface area contributed by atoms with E-state index in [0.717, 1.165) is 17.8 Å². The van der Waals surface area contributed by atoms with Crippen molar-refractivity contribution in [2.75, 3.05) is 5.32 Å². The zero-order chi connectivity index (χ0) is 13.0. The van der Waals surface area contributed by atoms with Gasteiger partial charge in [0.05, 0.1) is 6.33 Å². The highest BCUT2D eigenvalue weighted by molar-refractivity contribution is 6.32. The van der Waals surface area contributed by atoms with Crippen molar-refractivity contribution >= 4 is 17.4 Å². The van der Waals surface area contributed by atoms with Gasteiger partial charge in [-0.05, 0) is 56.3 Å². The van der Waals surface area contributed by atoms with E-state index in [1.165, 1.54) is 44.9 Å². The monoisotopic (exact) mass is 279 g/mol. The van der Waals surface area contributed by atoms with E-state index in [4.69, 9.17) is 11.6 Å². The molecule has 5 heteroatoms. The Balaban J connectivity index is 1.66. The van der Waals surface area contributed by atoms with Crippen molar-refractivity contribution < 1.29 is 0 Å². The molecule has 4 fully saturated rings. The van der Waals surface area contributed by atoms with E-state index < -0.39 is 0 Å². The van der Waals surface area contributed by atoms with Crippen LogP contribution < -0.4 is 10.9 Å². The number of H-pyrrole nitrogens is 1. The Bertz CT molecular complexity index is 533. The van der Waals surface area contributed by atoms with Crippen molar-refractivity contribution in [1.82, 2.24) is 9.97 Å². The summed E-state index contributed by atoms with van der Waals surface area (Å²) in [5.74, 6) is 3.14. The number of rotatable bonds is 2. The van der Waals surface area contributed by atoms with Crippen molar-refractivity contribution in [3.63, 3.8) is 0 Å². The fourth-order valence-corrected chi connectivity index (χ4v) is 5.14. The molecular formula is C14H18ClN3O. The second-order valence-corrected chi connectivity index (χ2v) is 7.10. The lowest BCUT2D eigenvalue weighted by atomic mass is 9.53. The lowest BCUT2D eigenvalue weighted by Gasteiger charge is -2.57. The molecule has 1 aromatic rings. The molecule has 4 aliphatic carbocycles. The molecule has 4 saturated carbocycles. The van der Waals surface area contributed by atoms with E-state index in [1.807, 2.05) is 0 Å². The number of aromatic nitrogens is 2. The molecular weight excluding hydrogens is 262 g/mol. The maximum atomic E-state index is 11.6. The normalized spacial score (nSPS) is 39.5. The summed E-state index contributed by atoms with van der Waals surface area (Å²) < 4.78 is 0. The molecule has 0 saturated heterocycles. The Morgan fingerprint density at radius 2 is 1.79 bits per heavy atom. The predicted molar refractivity (Wildman–Crippen MR) is 74.4 cm³/mol. The molecule has 1 aromatic heterocycles. The predicted octanol–water partition coefficient (Wildman–Crippen LogP) is 2.80. The van der Waals surface area contributed by atoms with Crippen molar-refractivity contribution in [2.24, 2.45) is 17.8 Å². The van der Waals surface area contributed by atoms with Crippen LogP contribution in [-0.2, 0) is 0 Å². The summed E-state index contributed by atoms with van der Waals surface area (Å²) in [4.78, 5) is 18.3. The fourth-order valence-electron chi connectivity index (χ4n) is 4.99. The maximum Gasteiger partial charge on any atom is 0.271 e. The molecule has 5 rings (SSSR count). The number of aromatic amines is 1. The number of hydrogen-bond donors (Lipinski definition) is 2. The molecule has 2 N–H and O–H groups in total. The Labute approximate surface area is 117 Å². The molecule has 0 unspecified atom stereocenters. The van der Waals surface area contributed by atoms with Gasteiger partial charge in [0.15, 0.2) is 5.82 Å². The highest BCUT2D eigenvalue weighted by Crippen LogP contribution is 2.56. The number of nitrogens with one attached hydrogen (secondary N) is 2. The van der Waals surface area contributed by atoms with Crippen LogP contribution in [0.15, 0.2) is 11.1 Å². The van der Waals surface area contributed by atoms with E-state index >= 15 is 0 Å². The summed E-state index contributed by atoms with van der Waals surface area (Å²) in [6.07, 6.45) is 9.26. The Hall–Kier alpha value is -1.03. The zero-order valence-electron chi connectivity index (χ0n) is 10.8. The van der Waals surface area contributed by atoms with Gasteiger partial charge in [-0.25, -0.2) is 4.98 Å². The van der Waals surface area contributed by atoms with E-state index in [1.54, 1.807) is 0 Å². The van der Waals surface area contributed by atoms with Gasteiger partial charge < -0.3 is 10.3 Å². The highest BCUT2D eigenvalue weighted by atomic mass is 35.5. The Kier molecular flexibility index (Phi) is 2.47. The van der Waals surface area contributed by atoms with E-state index in [2.05, 4.69) is 15.3 Å². The molecule has 19 heavy (non-hydrogen) atoms. The third kappa shape index (κ3) is 1.88. The summed E-state index contributed by atoms with van der Waals surface area (Å²) in [5.41, 5.74) is -0.122. The minimum absolute atomic E-state index is 0.138. The molecule has 102 valence electrons. The number of nitrogens with zero attached hydrogens (tertiary/aromatic N) is 1. The summed E-state index contributed by atoms with van der Waals surface area (Å²) in [5, 5.41) is 3.73. The molecule has 4 bridgehead atoms. The average molecular weight is 280 g/mol. The first-order chi connectivity index (χ1) is 9.13. The zero-order valence-corrected chi connectivity index (χ0v) is 11.5. The van der Waals surface area contributed by atoms with Gasteiger partial charge in [-0.2, -0.15) is 0 Å². The molecule has 4 nitrogen and oxygen atoms in total. The smallest absolute Gasteiger partial charge is 0.271 e. The molecule has 0 aromatic carbocycles. The van der Waals surface area contributed by atoms with E-state index in [-0.39, 0.29) is 16.1 Å². The van der Waals surface area contributed by atoms with Crippen molar-refractivity contribution in [1.29, 1.82) is 0 Å². The van der Waals surface area contributed by atoms with Gasteiger partial charge in [0.2, 0.25) is 0 Å². The van der Waals surface area contributed by atoms with E-state index in [9.17, 15) is 4.79 Å². The first kappa shape index (κ1) is 11.8. The van der Waals surface area contributed by atoms with Crippen molar-refractivity contribution in [3.8, 4) is 0 Å². The van der Waals surface area contributed by atoms with Crippen molar-refractivity contribution in [3.05, 3.63) is 21.7 Å². The lowest BCUT2D eigenvalue weighted by molar-refractivity contribution is 0.0105. The maximum absolute atomic E-state index is 11.6. The van der Waals surface area contributed by atoms with Crippen LogP contribution in [0.25, 0.3) is 0 Å². The summed E-state index contributed by atoms with van der Waals surface area (Å²) in [6.45, 7) is 0. The Morgan fingerprint density at radius 3 is 2.37 bits per heavy atom. The fraction of sp³-hybridized carbons (Fsp3) is 0.714. The van der Waals surface area contributed by atoms with E-state index in [0.29, 0.717) is 5.82 Å². The van der Waals surface area contributed by atoms with Crippen LogP contribution >= 0.6 is 11.6 Å². The van der Waals surface area contributed by atoms with Crippen LogP contribution in [0.2, 0.25) is 5.02 Å². The molecule has 0 atom stereocenters. The topological polar surface area (TPSA) is 57.8 Å². The van der Waals surface area contributed by atoms with Gasteiger partial charge in [0.25, 0.3) is 5.56 Å². The minimum Gasteiger partial charge on any atom is -0.363 e. The number of anilines is 1. The SMILES string of the molecule is O=c1[nH]cnc(NC23CC4CC(CC(C4)C2)C3)c1Cl. The number of hydrogen-bond acceptors (Lipinski definition) is 3.